The Hall–Kier alpha value is -2.08. The van der Waals surface area contributed by atoms with Crippen molar-refractivity contribution in [3.63, 3.8) is 0 Å². The minimum Gasteiger partial charge on any atom is -0.504 e. The topological polar surface area (TPSA) is 76.1 Å². The summed E-state index contributed by atoms with van der Waals surface area (Å²) in [6.45, 7) is 0. The van der Waals surface area contributed by atoms with Crippen LogP contribution in [0.2, 0.25) is 0 Å². The van der Waals surface area contributed by atoms with Gasteiger partial charge in [-0.05, 0) is 25.0 Å². The number of nitrogens with zero attached hydrogens (tertiary/aromatic N) is 1. The Balaban J connectivity index is 1.72. The summed E-state index contributed by atoms with van der Waals surface area (Å²) in [5, 5.41) is 9.84. The largest absolute Gasteiger partial charge is 0.504 e. The average Bonchev–Trinajstić information content (AvgIpc) is 3.13. The number of aromatic hydroxyl groups is 1. The highest BCUT2D eigenvalue weighted by atomic mass is 16.5. The number of ether oxygens (including phenoxy) is 2. The monoisotopic (exact) mass is 289 g/mol. The van der Waals surface area contributed by atoms with Gasteiger partial charge >= 0.3 is 0 Å². The van der Waals surface area contributed by atoms with Gasteiger partial charge in [-0.2, -0.15) is 0 Å². The van der Waals surface area contributed by atoms with Crippen molar-refractivity contribution in [1.82, 2.24) is 0 Å². The highest BCUT2D eigenvalue weighted by molar-refractivity contribution is 6.22. The van der Waals surface area contributed by atoms with Crippen molar-refractivity contribution in [1.29, 1.82) is 0 Å². The molecule has 0 aromatic heterocycles. The Morgan fingerprint density at radius 3 is 2.33 bits per heavy atom. The number of phenols is 1. The van der Waals surface area contributed by atoms with E-state index in [4.69, 9.17) is 9.47 Å². The van der Waals surface area contributed by atoms with Gasteiger partial charge in [0.25, 0.3) is 0 Å². The molecule has 0 radical (unpaired) electrons. The molecule has 1 aromatic carbocycles. The highest BCUT2D eigenvalue weighted by Crippen LogP contribution is 2.49. The Morgan fingerprint density at radius 2 is 1.81 bits per heavy atom. The maximum absolute atomic E-state index is 12.6. The first-order valence-electron chi connectivity index (χ1n) is 7.02. The van der Waals surface area contributed by atoms with Gasteiger partial charge in [-0.3, -0.25) is 9.59 Å². The number of fused-ring (bicyclic) bond motifs is 5. The van der Waals surface area contributed by atoms with E-state index < -0.39 is 0 Å². The molecule has 2 bridgehead atoms. The lowest BCUT2D eigenvalue weighted by atomic mass is 9.81. The molecule has 1 N–H and O–H groups in total. The Labute approximate surface area is 121 Å². The molecule has 3 heterocycles. The van der Waals surface area contributed by atoms with Crippen molar-refractivity contribution < 1.29 is 24.2 Å². The molecular weight excluding hydrogens is 274 g/mol. The summed E-state index contributed by atoms with van der Waals surface area (Å²) in [4.78, 5) is 26.3. The van der Waals surface area contributed by atoms with Crippen LogP contribution < -0.4 is 9.64 Å². The van der Waals surface area contributed by atoms with Crippen LogP contribution in [0, 0.1) is 11.8 Å². The van der Waals surface area contributed by atoms with E-state index in [0.29, 0.717) is 11.4 Å². The number of phenolic OH excluding ortho intramolecular Hbond substituents is 1. The van der Waals surface area contributed by atoms with Crippen LogP contribution in [0.5, 0.6) is 11.5 Å². The first kappa shape index (κ1) is 12.6. The minimum atomic E-state index is -0.361. The molecule has 3 saturated heterocycles. The summed E-state index contributed by atoms with van der Waals surface area (Å²) in [6.07, 6.45) is 1.42. The molecule has 3 aliphatic rings. The smallest absolute Gasteiger partial charge is 0.240 e. The first-order valence-corrected chi connectivity index (χ1v) is 7.02. The summed E-state index contributed by atoms with van der Waals surface area (Å²) in [5.41, 5.74) is 0.386. The Kier molecular flexibility index (Phi) is 2.53. The van der Waals surface area contributed by atoms with E-state index in [1.807, 2.05) is 0 Å². The predicted octanol–water partition coefficient (Wildman–Crippen LogP) is 1.07. The molecule has 2 amide bonds. The quantitative estimate of drug-likeness (QED) is 0.824. The molecule has 4 unspecified atom stereocenters. The van der Waals surface area contributed by atoms with E-state index in [1.165, 1.54) is 18.1 Å². The lowest BCUT2D eigenvalue weighted by molar-refractivity contribution is -0.124. The van der Waals surface area contributed by atoms with Crippen molar-refractivity contribution >= 4 is 17.5 Å². The van der Waals surface area contributed by atoms with Gasteiger partial charge in [0.2, 0.25) is 11.8 Å². The fourth-order valence-corrected chi connectivity index (χ4v) is 3.78. The second kappa shape index (κ2) is 4.21. The number of amides is 2. The molecule has 3 fully saturated rings. The van der Waals surface area contributed by atoms with E-state index in [1.54, 1.807) is 12.1 Å². The fourth-order valence-electron chi connectivity index (χ4n) is 3.78. The van der Waals surface area contributed by atoms with E-state index in [-0.39, 0.29) is 41.6 Å². The third kappa shape index (κ3) is 1.56. The van der Waals surface area contributed by atoms with Crippen LogP contribution in [0.15, 0.2) is 18.2 Å². The average molecular weight is 289 g/mol. The van der Waals surface area contributed by atoms with Crippen LogP contribution in [0.4, 0.5) is 5.69 Å². The Morgan fingerprint density at radius 1 is 1.19 bits per heavy atom. The molecule has 4 rings (SSSR count). The van der Waals surface area contributed by atoms with E-state index in [9.17, 15) is 14.7 Å². The number of imide groups is 1. The van der Waals surface area contributed by atoms with Gasteiger partial charge in [0.05, 0.1) is 36.8 Å². The van der Waals surface area contributed by atoms with E-state index in [2.05, 4.69) is 0 Å². The molecule has 0 spiro atoms. The molecule has 1 aromatic rings. The molecule has 3 aliphatic heterocycles. The normalized spacial score (nSPS) is 33.7. The van der Waals surface area contributed by atoms with Crippen LogP contribution in [0.25, 0.3) is 0 Å². The van der Waals surface area contributed by atoms with Crippen LogP contribution in [0.1, 0.15) is 12.8 Å². The Bertz CT molecular complexity index is 615. The molecular formula is C15H15NO5. The number of rotatable bonds is 2. The SMILES string of the molecule is COc1ccc(N2C(=O)C3C4CCC(O4)C3C2=O)cc1O. The summed E-state index contributed by atoms with van der Waals surface area (Å²) < 4.78 is 10.7. The molecule has 0 aliphatic carbocycles. The zero-order valence-electron chi connectivity index (χ0n) is 11.5. The summed E-state index contributed by atoms with van der Waals surface area (Å²) in [6, 6.07) is 4.54. The standard InChI is InChI=1S/C15H15NO5/c1-20-9-3-2-7(6-8(9)17)16-14(18)12-10-4-5-11(21-10)13(12)15(16)19/h2-3,6,10-13,17H,4-5H2,1H3. The van der Waals surface area contributed by atoms with Gasteiger partial charge in [0.15, 0.2) is 11.5 Å². The molecule has 21 heavy (non-hydrogen) atoms. The van der Waals surface area contributed by atoms with Crippen LogP contribution >= 0.6 is 0 Å². The summed E-state index contributed by atoms with van der Waals surface area (Å²) in [5.74, 6) is -0.946. The van der Waals surface area contributed by atoms with Gasteiger partial charge in [-0.15, -0.1) is 0 Å². The van der Waals surface area contributed by atoms with Crippen molar-refractivity contribution in [3.05, 3.63) is 18.2 Å². The van der Waals surface area contributed by atoms with Crippen molar-refractivity contribution in [3.8, 4) is 11.5 Å². The zero-order chi connectivity index (χ0) is 14.7. The number of anilines is 1. The maximum atomic E-state index is 12.6. The number of carbonyl (C=O) groups is 2. The number of methoxy groups -OCH3 is 1. The lowest BCUT2D eigenvalue weighted by Gasteiger charge is -2.18. The van der Waals surface area contributed by atoms with Gasteiger partial charge in [0.1, 0.15) is 0 Å². The lowest BCUT2D eigenvalue weighted by Crippen LogP contribution is -2.34. The van der Waals surface area contributed by atoms with Crippen molar-refractivity contribution in [2.24, 2.45) is 11.8 Å². The van der Waals surface area contributed by atoms with Gasteiger partial charge < -0.3 is 14.6 Å². The minimum absolute atomic E-state index is 0.0909. The van der Waals surface area contributed by atoms with Gasteiger partial charge in [0, 0.05) is 6.07 Å². The van der Waals surface area contributed by atoms with Gasteiger partial charge in [-0.1, -0.05) is 0 Å². The second-order valence-electron chi connectivity index (χ2n) is 5.71. The predicted molar refractivity (Wildman–Crippen MR) is 72.0 cm³/mol. The summed E-state index contributed by atoms with van der Waals surface area (Å²) >= 11 is 0. The highest BCUT2D eigenvalue weighted by Gasteiger charge is 2.62. The first-order chi connectivity index (χ1) is 10.1. The van der Waals surface area contributed by atoms with Crippen LogP contribution in [-0.4, -0.2) is 36.2 Å². The van der Waals surface area contributed by atoms with Gasteiger partial charge in [-0.25, -0.2) is 4.90 Å². The maximum Gasteiger partial charge on any atom is 0.240 e. The molecule has 4 atom stereocenters. The number of benzene rings is 1. The third-order valence-corrected chi connectivity index (χ3v) is 4.70. The number of hydrogen-bond donors (Lipinski definition) is 1. The van der Waals surface area contributed by atoms with Crippen LogP contribution in [-0.2, 0) is 14.3 Å². The van der Waals surface area contributed by atoms with E-state index >= 15 is 0 Å². The molecule has 6 heteroatoms. The van der Waals surface area contributed by atoms with Crippen LogP contribution in [0.3, 0.4) is 0 Å². The van der Waals surface area contributed by atoms with Crippen molar-refractivity contribution in [2.45, 2.75) is 25.0 Å². The fraction of sp³-hybridized carbons (Fsp3) is 0.467. The van der Waals surface area contributed by atoms with Crippen molar-refractivity contribution in [2.75, 3.05) is 12.0 Å². The summed E-state index contributed by atoms with van der Waals surface area (Å²) in [7, 11) is 1.44. The second-order valence-corrected chi connectivity index (χ2v) is 5.71. The van der Waals surface area contributed by atoms with E-state index in [0.717, 1.165) is 12.8 Å². The molecule has 110 valence electrons. The number of hydrogen-bond acceptors (Lipinski definition) is 5. The molecule has 0 saturated carbocycles. The molecule has 6 nitrogen and oxygen atoms in total. The number of carbonyl (C=O) groups excluding carboxylic acids is 2. The third-order valence-electron chi connectivity index (χ3n) is 4.70. The zero-order valence-corrected chi connectivity index (χ0v) is 11.5.